The van der Waals surface area contributed by atoms with Crippen LogP contribution in [0.5, 0.6) is 5.75 Å². The van der Waals surface area contributed by atoms with Crippen molar-refractivity contribution in [1.29, 1.82) is 0 Å². The number of urea groups is 1. The molecule has 98 valence electrons. The molecule has 0 unspecified atom stereocenters. The van der Waals surface area contributed by atoms with Gasteiger partial charge in [-0.05, 0) is 12.5 Å². The van der Waals surface area contributed by atoms with Crippen molar-refractivity contribution in [2.45, 2.75) is 13.0 Å². The average Bonchev–Trinajstić information content (AvgIpc) is 2.37. The molecule has 2 amide bonds. The highest BCUT2D eigenvalue weighted by molar-refractivity contribution is 5.74. The van der Waals surface area contributed by atoms with Crippen molar-refractivity contribution < 1.29 is 13.9 Å². The summed E-state index contributed by atoms with van der Waals surface area (Å²) in [5.41, 5.74) is 0.458. The zero-order valence-corrected chi connectivity index (χ0v) is 10.2. The van der Waals surface area contributed by atoms with Gasteiger partial charge in [0.15, 0.2) is 0 Å². The maximum absolute atomic E-state index is 13.8. The van der Waals surface area contributed by atoms with E-state index in [1.165, 1.54) is 18.1 Å². The first-order valence-electron chi connectivity index (χ1n) is 5.75. The van der Waals surface area contributed by atoms with Crippen LogP contribution in [0, 0.1) is 5.82 Å². The highest BCUT2D eigenvalue weighted by Gasteiger charge is 2.24. The van der Waals surface area contributed by atoms with E-state index in [2.05, 4.69) is 0 Å². The molecule has 1 saturated heterocycles. The lowest BCUT2D eigenvalue weighted by molar-refractivity contribution is 0.126. The van der Waals surface area contributed by atoms with Crippen LogP contribution in [-0.2, 0) is 6.54 Å². The molecule has 0 aromatic heterocycles. The molecule has 0 spiro atoms. The van der Waals surface area contributed by atoms with Gasteiger partial charge in [0.1, 0.15) is 11.6 Å². The number of amides is 2. The first-order valence-corrected chi connectivity index (χ1v) is 5.75. The molecule has 0 atom stereocenters. The molecule has 2 rings (SSSR count). The Hall–Kier alpha value is -1.82. The molecule has 1 aromatic rings. The van der Waals surface area contributed by atoms with Crippen LogP contribution in [0.2, 0.25) is 0 Å². The maximum atomic E-state index is 13.8. The monoisotopic (exact) mass is 253 g/mol. The number of benzene rings is 1. The van der Waals surface area contributed by atoms with Crippen molar-refractivity contribution in [3.8, 4) is 5.75 Å². The highest BCUT2D eigenvalue weighted by atomic mass is 19.1. The second kappa shape index (κ2) is 5.22. The summed E-state index contributed by atoms with van der Waals surface area (Å²) in [5.74, 6) is 5.62. The van der Waals surface area contributed by atoms with E-state index in [9.17, 15) is 9.18 Å². The van der Waals surface area contributed by atoms with Crippen molar-refractivity contribution in [2.75, 3.05) is 20.2 Å². The lowest BCUT2D eigenvalue weighted by Gasteiger charge is -2.32. The molecule has 18 heavy (non-hydrogen) atoms. The lowest BCUT2D eigenvalue weighted by Crippen LogP contribution is -2.52. The van der Waals surface area contributed by atoms with Crippen LogP contribution in [0.4, 0.5) is 9.18 Å². The normalized spacial score (nSPS) is 16.1. The van der Waals surface area contributed by atoms with Crippen molar-refractivity contribution in [2.24, 2.45) is 5.84 Å². The second-order valence-electron chi connectivity index (χ2n) is 4.21. The Morgan fingerprint density at radius 1 is 1.44 bits per heavy atom. The Balaban J connectivity index is 2.11. The molecule has 0 saturated carbocycles. The predicted octanol–water partition coefficient (Wildman–Crippen LogP) is 1.34. The maximum Gasteiger partial charge on any atom is 0.334 e. The van der Waals surface area contributed by atoms with Crippen LogP contribution in [0.25, 0.3) is 0 Å². The van der Waals surface area contributed by atoms with Gasteiger partial charge in [0.05, 0.1) is 13.7 Å². The quantitative estimate of drug-likeness (QED) is 0.653. The predicted molar refractivity (Wildman–Crippen MR) is 64.3 cm³/mol. The summed E-state index contributed by atoms with van der Waals surface area (Å²) in [6.07, 6.45) is 0.792. The standard InChI is InChI=1S/C12H16FN3O2/c1-18-10-4-3-9(11(13)7-10)8-15-5-2-6-16(14)12(15)17/h3-4,7H,2,5-6,8,14H2,1H3. The topological polar surface area (TPSA) is 58.8 Å². The molecular weight excluding hydrogens is 237 g/mol. The fourth-order valence-corrected chi connectivity index (χ4v) is 1.94. The van der Waals surface area contributed by atoms with Gasteiger partial charge in [0.25, 0.3) is 0 Å². The molecule has 6 heteroatoms. The number of methoxy groups -OCH3 is 1. The van der Waals surface area contributed by atoms with Crippen LogP contribution >= 0.6 is 0 Å². The summed E-state index contributed by atoms with van der Waals surface area (Å²) in [6, 6.07) is 4.34. The van der Waals surface area contributed by atoms with E-state index in [-0.39, 0.29) is 18.4 Å². The van der Waals surface area contributed by atoms with Crippen molar-refractivity contribution >= 4 is 6.03 Å². The third kappa shape index (κ3) is 2.53. The molecule has 1 fully saturated rings. The molecule has 1 aromatic carbocycles. The number of carbonyl (C=O) groups is 1. The first kappa shape index (κ1) is 12.6. The fourth-order valence-electron chi connectivity index (χ4n) is 1.94. The van der Waals surface area contributed by atoms with Crippen LogP contribution in [0.1, 0.15) is 12.0 Å². The lowest BCUT2D eigenvalue weighted by atomic mass is 10.1. The van der Waals surface area contributed by atoms with E-state index in [1.807, 2.05) is 0 Å². The number of carbonyl (C=O) groups excluding carboxylic acids is 1. The van der Waals surface area contributed by atoms with Crippen molar-refractivity contribution in [1.82, 2.24) is 9.91 Å². The van der Waals surface area contributed by atoms with E-state index in [1.54, 1.807) is 12.1 Å². The summed E-state index contributed by atoms with van der Waals surface area (Å²) < 4.78 is 18.7. The van der Waals surface area contributed by atoms with Gasteiger partial charge in [-0.3, -0.25) is 5.01 Å². The molecule has 1 heterocycles. The van der Waals surface area contributed by atoms with E-state index in [4.69, 9.17) is 10.6 Å². The third-order valence-electron chi connectivity index (χ3n) is 2.96. The zero-order chi connectivity index (χ0) is 13.1. The summed E-state index contributed by atoms with van der Waals surface area (Å²) in [4.78, 5) is 13.3. The first-order chi connectivity index (χ1) is 8.61. The van der Waals surface area contributed by atoms with Crippen molar-refractivity contribution in [3.05, 3.63) is 29.6 Å². The number of hydrazine groups is 1. The minimum absolute atomic E-state index is 0.225. The molecule has 1 aliphatic rings. The Bertz CT molecular complexity index is 453. The zero-order valence-electron chi connectivity index (χ0n) is 10.2. The molecule has 0 bridgehead atoms. The molecule has 0 aliphatic carbocycles. The number of nitrogens with two attached hydrogens (primary N) is 1. The van der Waals surface area contributed by atoms with E-state index < -0.39 is 0 Å². The van der Waals surface area contributed by atoms with Crippen LogP contribution in [-0.4, -0.2) is 36.1 Å². The number of hydrogen-bond acceptors (Lipinski definition) is 3. The van der Waals surface area contributed by atoms with Gasteiger partial charge in [0.2, 0.25) is 0 Å². The van der Waals surface area contributed by atoms with E-state index >= 15 is 0 Å². The largest absolute Gasteiger partial charge is 0.497 e. The molecular formula is C12H16FN3O2. The van der Waals surface area contributed by atoms with Gasteiger partial charge >= 0.3 is 6.03 Å². The summed E-state index contributed by atoms with van der Waals surface area (Å²) in [6.45, 7) is 1.36. The number of rotatable bonds is 3. The Kier molecular flexibility index (Phi) is 3.66. The Morgan fingerprint density at radius 3 is 2.89 bits per heavy atom. The molecule has 0 radical (unpaired) electrons. The van der Waals surface area contributed by atoms with Gasteiger partial charge in [-0.25, -0.2) is 15.0 Å². The van der Waals surface area contributed by atoms with Crippen LogP contribution in [0.15, 0.2) is 18.2 Å². The molecule has 5 nitrogen and oxygen atoms in total. The second-order valence-corrected chi connectivity index (χ2v) is 4.21. The number of ether oxygens (including phenoxy) is 1. The van der Waals surface area contributed by atoms with Gasteiger partial charge in [-0.1, -0.05) is 6.07 Å². The molecule has 2 N–H and O–H groups in total. The summed E-state index contributed by atoms with van der Waals surface area (Å²) >= 11 is 0. The Labute approximate surface area is 105 Å². The van der Waals surface area contributed by atoms with Gasteiger partial charge in [0, 0.05) is 24.7 Å². The van der Waals surface area contributed by atoms with Gasteiger partial charge in [-0.15, -0.1) is 0 Å². The average molecular weight is 253 g/mol. The SMILES string of the molecule is COc1ccc(CN2CCCN(N)C2=O)c(F)c1. The third-order valence-corrected chi connectivity index (χ3v) is 2.96. The summed E-state index contributed by atoms with van der Waals surface area (Å²) in [7, 11) is 1.48. The Morgan fingerprint density at radius 2 is 2.22 bits per heavy atom. The highest BCUT2D eigenvalue weighted by Crippen LogP contribution is 2.19. The summed E-state index contributed by atoms with van der Waals surface area (Å²) in [5, 5.41) is 1.16. The fraction of sp³-hybridized carbons (Fsp3) is 0.417. The minimum Gasteiger partial charge on any atom is -0.497 e. The van der Waals surface area contributed by atoms with Crippen molar-refractivity contribution in [3.63, 3.8) is 0 Å². The van der Waals surface area contributed by atoms with Crippen LogP contribution in [0.3, 0.4) is 0 Å². The minimum atomic E-state index is -0.378. The van der Waals surface area contributed by atoms with E-state index in [0.717, 1.165) is 11.4 Å². The smallest absolute Gasteiger partial charge is 0.334 e. The number of nitrogens with zero attached hydrogens (tertiary/aromatic N) is 2. The van der Waals surface area contributed by atoms with E-state index in [0.29, 0.717) is 24.4 Å². The number of hydrogen-bond donors (Lipinski definition) is 1. The van der Waals surface area contributed by atoms with Gasteiger partial charge < -0.3 is 9.64 Å². The number of halogens is 1. The van der Waals surface area contributed by atoms with Gasteiger partial charge in [-0.2, -0.15) is 0 Å². The molecule has 1 aliphatic heterocycles. The van der Waals surface area contributed by atoms with Crippen LogP contribution < -0.4 is 10.6 Å².